The zero-order chi connectivity index (χ0) is 13.5. The van der Waals surface area contributed by atoms with Crippen molar-refractivity contribution in [1.82, 2.24) is 4.98 Å². The first kappa shape index (κ1) is 14.2. The highest BCUT2D eigenvalue weighted by molar-refractivity contribution is 5.58. The van der Waals surface area contributed by atoms with Gasteiger partial charge in [-0.25, -0.2) is 4.98 Å². The van der Waals surface area contributed by atoms with Gasteiger partial charge in [-0.3, -0.25) is 0 Å². The minimum atomic E-state index is 0.591. The van der Waals surface area contributed by atoms with Crippen molar-refractivity contribution in [3.8, 4) is 6.07 Å². The molecule has 0 N–H and O–H groups in total. The van der Waals surface area contributed by atoms with Gasteiger partial charge in [0.15, 0.2) is 0 Å². The molecule has 1 heterocycles. The summed E-state index contributed by atoms with van der Waals surface area (Å²) in [6.45, 7) is 9.53. The Morgan fingerprint density at radius 3 is 2.83 bits per heavy atom. The van der Waals surface area contributed by atoms with Crippen LogP contribution in [0.15, 0.2) is 18.7 Å². The van der Waals surface area contributed by atoms with Gasteiger partial charge in [-0.15, -0.1) is 6.58 Å². The fraction of sp³-hybridized carbons (Fsp3) is 0.429. The minimum absolute atomic E-state index is 0.591. The standard InChI is InChI=1S/C14H19N3O/c1-5-6-17(7-8-18-4)14-13(10-15)11(2)9-12(3)16-14/h5,9H,1,6-8H2,2-4H3. The van der Waals surface area contributed by atoms with Crippen molar-refractivity contribution in [1.29, 1.82) is 5.26 Å². The van der Waals surface area contributed by atoms with E-state index in [0.717, 1.165) is 11.3 Å². The lowest BCUT2D eigenvalue weighted by atomic mass is 10.1. The molecule has 96 valence electrons. The van der Waals surface area contributed by atoms with Crippen LogP contribution in [-0.4, -0.2) is 31.8 Å². The molecular formula is C14H19N3O. The lowest BCUT2D eigenvalue weighted by Crippen LogP contribution is -2.29. The number of hydrogen-bond acceptors (Lipinski definition) is 4. The van der Waals surface area contributed by atoms with Crippen LogP contribution >= 0.6 is 0 Å². The summed E-state index contributed by atoms with van der Waals surface area (Å²) in [5.41, 5.74) is 2.48. The molecule has 0 aromatic carbocycles. The Morgan fingerprint density at radius 2 is 2.28 bits per heavy atom. The van der Waals surface area contributed by atoms with E-state index in [2.05, 4.69) is 17.6 Å². The van der Waals surface area contributed by atoms with Gasteiger partial charge in [-0.2, -0.15) is 5.26 Å². The Morgan fingerprint density at radius 1 is 1.56 bits per heavy atom. The highest BCUT2D eigenvalue weighted by Gasteiger charge is 2.14. The SMILES string of the molecule is C=CCN(CCOC)c1nc(C)cc(C)c1C#N. The molecule has 0 amide bonds. The van der Waals surface area contributed by atoms with E-state index >= 15 is 0 Å². The molecule has 0 aliphatic rings. The maximum absolute atomic E-state index is 9.26. The van der Waals surface area contributed by atoms with Crippen molar-refractivity contribution in [3.05, 3.63) is 35.5 Å². The van der Waals surface area contributed by atoms with Crippen molar-refractivity contribution >= 4 is 5.82 Å². The molecule has 18 heavy (non-hydrogen) atoms. The quantitative estimate of drug-likeness (QED) is 0.721. The molecule has 0 aliphatic carbocycles. The van der Waals surface area contributed by atoms with E-state index in [1.54, 1.807) is 13.2 Å². The fourth-order valence-corrected chi connectivity index (χ4v) is 1.83. The average Bonchev–Trinajstić information content (AvgIpc) is 2.33. The van der Waals surface area contributed by atoms with E-state index in [4.69, 9.17) is 4.74 Å². The molecule has 0 atom stereocenters. The van der Waals surface area contributed by atoms with Gasteiger partial charge in [0.25, 0.3) is 0 Å². The van der Waals surface area contributed by atoms with E-state index in [9.17, 15) is 5.26 Å². The molecular weight excluding hydrogens is 226 g/mol. The highest BCUT2D eigenvalue weighted by Crippen LogP contribution is 2.21. The van der Waals surface area contributed by atoms with Crippen LogP contribution in [-0.2, 0) is 4.74 Å². The topological polar surface area (TPSA) is 49.1 Å². The van der Waals surface area contributed by atoms with Crippen molar-refractivity contribution in [2.45, 2.75) is 13.8 Å². The number of hydrogen-bond donors (Lipinski definition) is 0. The lowest BCUT2D eigenvalue weighted by Gasteiger charge is -2.23. The third-order valence-electron chi connectivity index (χ3n) is 2.65. The van der Waals surface area contributed by atoms with Gasteiger partial charge in [-0.1, -0.05) is 6.08 Å². The summed E-state index contributed by atoms with van der Waals surface area (Å²) < 4.78 is 5.09. The van der Waals surface area contributed by atoms with Crippen molar-refractivity contribution in [3.63, 3.8) is 0 Å². The Kier molecular flexibility index (Phi) is 5.34. The third-order valence-corrected chi connectivity index (χ3v) is 2.65. The van der Waals surface area contributed by atoms with Crippen molar-refractivity contribution in [2.75, 3.05) is 31.7 Å². The molecule has 4 nitrogen and oxygen atoms in total. The third kappa shape index (κ3) is 3.31. The zero-order valence-electron chi connectivity index (χ0n) is 11.2. The summed E-state index contributed by atoms with van der Waals surface area (Å²) in [6, 6.07) is 4.15. The second kappa shape index (κ2) is 6.77. The maximum atomic E-state index is 9.26. The van der Waals surface area contributed by atoms with Crippen molar-refractivity contribution < 1.29 is 4.74 Å². The number of ether oxygens (including phenoxy) is 1. The highest BCUT2D eigenvalue weighted by atomic mass is 16.5. The first-order valence-electron chi connectivity index (χ1n) is 5.87. The summed E-state index contributed by atoms with van der Waals surface area (Å²) in [5, 5.41) is 9.26. The van der Waals surface area contributed by atoms with Gasteiger partial charge in [0.2, 0.25) is 0 Å². The smallest absolute Gasteiger partial charge is 0.147 e. The number of anilines is 1. The average molecular weight is 245 g/mol. The summed E-state index contributed by atoms with van der Waals surface area (Å²) >= 11 is 0. The molecule has 1 rings (SSSR count). The Bertz CT molecular complexity index is 463. The molecule has 0 fully saturated rings. The first-order chi connectivity index (χ1) is 8.63. The van der Waals surface area contributed by atoms with Crippen LogP contribution in [0.1, 0.15) is 16.8 Å². The maximum Gasteiger partial charge on any atom is 0.147 e. The van der Waals surface area contributed by atoms with E-state index < -0.39 is 0 Å². The van der Waals surface area contributed by atoms with E-state index in [1.165, 1.54) is 0 Å². The van der Waals surface area contributed by atoms with Gasteiger partial charge < -0.3 is 9.64 Å². The summed E-state index contributed by atoms with van der Waals surface area (Å²) in [5.74, 6) is 0.715. The van der Waals surface area contributed by atoms with Crippen molar-refractivity contribution in [2.24, 2.45) is 0 Å². The van der Waals surface area contributed by atoms with Crippen LogP contribution in [0.25, 0.3) is 0 Å². The first-order valence-corrected chi connectivity index (χ1v) is 5.87. The Balaban J connectivity index is 3.17. The minimum Gasteiger partial charge on any atom is -0.383 e. The number of nitrogens with zero attached hydrogens (tertiary/aromatic N) is 3. The Labute approximate surface area is 109 Å². The molecule has 1 aromatic heterocycles. The summed E-state index contributed by atoms with van der Waals surface area (Å²) in [6.07, 6.45) is 1.80. The zero-order valence-corrected chi connectivity index (χ0v) is 11.2. The number of aryl methyl sites for hydroxylation is 2. The van der Waals surface area contributed by atoms with E-state index in [1.807, 2.05) is 24.8 Å². The van der Waals surface area contributed by atoms with Crippen LogP contribution < -0.4 is 4.90 Å². The summed E-state index contributed by atoms with van der Waals surface area (Å²) in [4.78, 5) is 6.49. The largest absolute Gasteiger partial charge is 0.383 e. The van der Waals surface area contributed by atoms with Gasteiger partial charge in [-0.05, 0) is 25.5 Å². The lowest BCUT2D eigenvalue weighted by molar-refractivity contribution is 0.205. The number of aromatic nitrogens is 1. The van der Waals surface area contributed by atoms with Gasteiger partial charge >= 0.3 is 0 Å². The molecule has 0 spiro atoms. The molecule has 4 heteroatoms. The molecule has 0 saturated heterocycles. The number of methoxy groups -OCH3 is 1. The second-order valence-electron chi connectivity index (χ2n) is 4.12. The van der Waals surface area contributed by atoms with Crippen LogP contribution in [0, 0.1) is 25.2 Å². The molecule has 0 bridgehead atoms. The molecule has 0 unspecified atom stereocenters. The van der Waals surface area contributed by atoms with Gasteiger partial charge in [0.05, 0.1) is 12.2 Å². The monoisotopic (exact) mass is 245 g/mol. The molecule has 1 aromatic rings. The number of nitriles is 1. The predicted octanol–water partition coefficient (Wildman–Crippen LogP) is 2.21. The Hall–Kier alpha value is -1.86. The molecule has 0 aliphatic heterocycles. The number of rotatable bonds is 6. The molecule has 0 radical (unpaired) electrons. The predicted molar refractivity (Wildman–Crippen MR) is 72.7 cm³/mol. The van der Waals surface area contributed by atoms with Crippen LogP contribution in [0.5, 0.6) is 0 Å². The van der Waals surface area contributed by atoms with Crippen LogP contribution in [0.2, 0.25) is 0 Å². The van der Waals surface area contributed by atoms with Gasteiger partial charge in [0.1, 0.15) is 11.9 Å². The van der Waals surface area contributed by atoms with E-state index in [-0.39, 0.29) is 0 Å². The summed E-state index contributed by atoms with van der Waals surface area (Å²) in [7, 11) is 1.66. The number of pyridine rings is 1. The normalized spacial score (nSPS) is 9.89. The molecule has 0 saturated carbocycles. The van der Waals surface area contributed by atoms with Crippen LogP contribution in [0.4, 0.5) is 5.82 Å². The van der Waals surface area contributed by atoms with Crippen LogP contribution in [0.3, 0.4) is 0 Å². The second-order valence-corrected chi connectivity index (χ2v) is 4.12. The fourth-order valence-electron chi connectivity index (χ4n) is 1.83. The van der Waals surface area contributed by atoms with E-state index in [0.29, 0.717) is 31.1 Å². The van der Waals surface area contributed by atoms with Gasteiger partial charge in [0, 0.05) is 25.9 Å².